The number of carbonyl (C=O) groups excluding carboxylic acids is 3. The number of H-pyrrole nitrogens is 1. The van der Waals surface area contributed by atoms with E-state index in [1.807, 2.05) is 27.7 Å². The number of rotatable bonds is 10. The van der Waals surface area contributed by atoms with E-state index in [0.717, 1.165) is 0 Å². The molecule has 1 aromatic rings. The number of Topliss-reactive ketones (excluding diaryl/α,β-unsaturated/α-hetero) is 1. The number of aromatic nitrogens is 1. The highest BCUT2D eigenvalue weighted by molar-refractivity contribution is 6.06. The third-order valence-electron chi connectivity index (χ3n) is 4.65. The lowest BCUT2D eigenvalue weighted by Gasteiger charge is -2.32. The molecule has 0 saturated heterocycles. The van der Waals surface area contributed by atoms with E-state index in [-0.39, 0.29) is 24.1 Å². The van der Waals surface area contributed by atoms with E-state index >= 15 is 0 Å². The standard InChI is InChI=1S/C22H37N3O5/c1-9-29-13-11-12-25(21(28)24-22(6,7)8)16(5)19(26)17-14(3)18(23-15(17)4)20(27)30-10-2/h16,23H,9-13H2,1-8H3,(H,24,28). The van der Waals surface area contributed by atoms with E-state index in [1.165, 1.54) is 4.90 Å². The van der Waals surface area contributed by atoms with Crippen LogP contribution in [0.3, 0.4) is 0 Å². The van der Waals surface area contributed by atoms with Gasteiger partial charge in [0.15, 0.2) is 5.78 Å². The molecule has 0 saturated carbocycles. The fraction of sp³-hybridized carbons (Fsp3) is 0.682. The van der Waals surface area contributed by atoms with Crippen LogP contribution in [0, 0.1) is 13.8 Å². The smallest absolute Gasteiger partial charge is 0.355 e. The molecule has 8 heteroatoms. The predicted molar refractivity (Wildman–Crippen MR) is 116 cm³/mol. The topological polar surface area (TPSA) is 101 Å². The average molecular weight is 424 g/mol. The van der Waals surface area contributed by atoms with Crippen LogP contribution in [0.15, 0.2) is 0 Å². The molecule has 0 radical (unpaired) electrons. The fourth-order valence-electron chi connectivity index (χ4n) is 3.22. The van der Waals surface area contributed by atoms with Crippen LogP contribution in [0.1, 0.15) is 80.1 Å². The van der Waals surface area contributed by atoms with E-state index in [1.54, 1.807) is 27.7 Å². The number of amides is 2. The molecule has 2 N–H and O–H groups in total. The Morgan fingerprint density at radius 2 is 1.77 bits per heavy atom. The van der Waals surface area contributed by atoms with Crippen molar-refractivity contribution in [2.75, 3.05) is 26.4 Å². The molecule has 0 aromatic carbocycles. The summed E-state index contributed by atoms with van der Waals surface area (Å²) in [6.07, 6.45) is 0.613. The number of hydrogen-bond acceptors (Lipinski definition) is 5. The monoisotopic (exact) mass is 423 g/mol. The fourth-order valence-corrected chi connectivity index (χ4v) is 3.22. The summed E-state index contributed by atoms with van der Waals surface area (Å²) in [5.41, 5.74) is 1.37. The van der Waals surface area contributed by atoms with E-state index in [0.29, 0.717) is 43.0 Å². The van der Waals surface area contributed by atoms with Crippen LogP contribution in [-0.4, -0.2) is 65.6 Å². The van der Waals surface area contributed by atoms with Crippen molar-refractivity contribution in [3.8, 4) is 0 Å². The van der Waals surface area contributed by atoms with Gasteiger partial charge in [-0.2, -0.15) is 0 Å². The number of esters is 1. The van der Waals surface area contributed by atoms with E-state index in [2.05, 4.69) is 10.3 Å². The van der Waals surface area contributed by atoms with Gasteiger partial charge in [0.05, 0.1) is 12.6 Å². The van der Waals surface area contributed by atoms with Crippen molar-refractivity contribution in [3.63, 3.8) is 0 Å². The summed E-state index contributed by atoms with van der Waals surface area (Å²) in [7, 11) is 0. The highest BCUT2D eigenvalue weighted by Gasteiger charge is 2.32. The van der Waals surface area contributed by atoms with Crippen molar-refractivity contribution in [3.05, 3.63) is 22.5 Å². The maximum absolute atomic E-state index is 13.4. The number of ketones is 1. The predicted octanol–water partition coefficient (Wildman–Crippen LogP) is 3.62. The molecule has 0 spiro atoms. The Morgan fingerprint density at radius 3 is 2.30 bits per heavy atom. The van der Waals surface area contributed by atoms with Gasteiger partial charge in [0, 0.05) is 36.6 Å². The minimum absolute atomic E-state index is 0.225. The van der Waals surface area contributed by atoms with Crippen LogP contribution in [0.4, 0.5) is 4.79 Å². The summed E-state index contributed by atoms with van der Waals surface area (Å²) in [6.45, 7) is 16.2. The Hall–Kier alpha value is -2.35. The minimum Gasteiger partial charge on any atom is -0.461 e. The number of nitrogens with one attached hydrogen (secondary N) is 2. The van der Waals surface area contributed by atoms with Crippen LogP contribution in [0.25, 0.3) is 0 Å². The number of carbonyl (C=O) groups is 3. The van der Waals surface area contributed by atoms with Crippen molar-refractivity contribution in [1.82, 2.24) is 15.2 Å². The van der Waals surface area contributed by atoms with E-state index in [4.69, 9.17) is 9.47 Å². The van der Waals surface area contributed by atoms with Gasteiger partial charge in [0.25, 0.3) is 0 Å². The molecule has 0 aliphatic rings. The number of ether oxygens (including phenoxy) is 2. The Balaban J connectivity index is 3.15. The molecule has 0 aliphatic heterocycles. The highest BCUT2D eigenvalue weighted by atomic mass is 16.5. The molecule has 2 amide bonds. The maximum Gasteiger partial charge on any atom is 0.355 e. The first-order valence-electron chi connectivity index (χ1n) is 10.5. The van der Waals surface area contributed by atoms with Crippen molar-refractivity contribution < 1.29 is 23.9 Å². The molecule has 30 heavy (non-hydrogen) atoms. The van der Waals surface area contributed by atoms with Crippen LogP contribution in [-0.2, 0) is 9.47 Å². The quantitative estimate of drug-likeness (QED) is 0.340. The number of hydrogen-bond donors (Lipinski definition) is 2. The normalized spacial score (nSPS) is 12.4. The van der Waals surface area contributed by atoms with Crippen molar-refractivity contribution >= 4 is 17.8 Å². The number of aryl methyl sites for hydroxylation is 1. The Bertz CT molecular complexity index is 749. The molecule has 0 bridgehead atoms. The summed E-state index contributed by atoms with van der Waals surface area (Å²) < 4.78 is 10.4. The Labute approximate surface area is 179 Å². The maximum atomic E-state index is 13.4. The highest BCUT2D eigenvalue weighted by Crippen LogP contribution is 2.22. The SMILES string of the molecule is CCOCCCN(C(=O)NC(C)(C)C)C(C)C(=O)c1c(C)[nH]c(C(=O)OCC)c1C. The van der Waals surface area contributed by atoms with Gasteiger partial charge in [0.1, 0.15) is 5.69 Å². The van der Waals surface area contributed by atoms with Gasteiger partial charge in [-0.3, -0.25) is 4.79 Å². The van der Waals surface area contributed by atoms with Crippen LogP contribution in [0.2, 0.25) is 0 Å². The lowest BCUT2D eigenvalue weighted by atomic mass is 9.99. The van der Waals surface area contributed by atoms with Gasteiger partial charge >= 0.3 is 12.0 Å². The van der Waals surface area contributed by atoms with Crippen LogP contribution >= 0.6 is 0 Å². The second-order valence-corrected chi connectivity index (χ2v) is 8.31. The summed E-state index contributed by atoms with van der Waals surface area (Å²) in [5, 5.41) is 2.93. The molecule has 1 rings (SSSR count). The third kappa shape index (κ3) is 6.86. The van der Waals surface area contributed by atoms with Crippen molar-refractivity contribution in [1.29, 1.82) is 0 Å². The third-order valence-corrected chi connectivity index (χ3v) is 4.65. The molecule has 1 aromatic heterocycles. The molecule has 8 nitrogen and oxygen atoms in total. The summed E-state index contributed by atoms with van der Waals surface area (Å²) >= 11 is 0. The Kier molecular flexibility index (Phi) is 9.55. The lowest BCUT2D eigenvalue weighted by molar-refractivity contribution is 0.0519. The summed E-state index contributed by atoms with van der Waals surface area (Å²) in [5.74, 6) is -0.721. The minimum atomic E-state index is -0.711. The molecule has 1 heterocycles. The Morgan fingerprint density at radius 1 is 1.13 bits per heavy atom. The first kappa shape index (κ1) is 25.7. The van der Waals surface area contributed by atoms with Gasteiger partial charge in [-0.25, -0.2) is 9.59 Å². The zero-order valence-corrected chi connectivity index (χ0v) is 19.6. The van der Waals surface area contributed by atoms with Gasteiger partial charge < -0.3 is 24.7 Å². The van der Waals surface area contributed by atoms with Crippen molar-refractivity contribution in [2.24, 2.45) is 0 Å². The lowest BCUT2D eigenvalue weighted by Crippen LogP contribution is -2.53. The average Bonchev–Trinajstić information content (AvgIpc) is 2.93. The van der Waals surface area contributed by atoms with Gasteiger partial charge in [-0.05, 0) is 67.4 Å². The molecule has 0 fully saturated rings. The largest absolute Gasteiger partial charge is 0.461 e. The van der Waals surface area contributed by atoms with Gasteiger partial charge in [-0.15, -0.1) is 0 Å². The van der Waals surface area contributed by atoms with Crippen LogP contribution < -0.4 is 5.32 Å². The zero-order valence-electron chi connectivity index (χ0n) is 19.6. The number of urea groups is 1. The molecular formula is C22H37N3O5. The van der Waals surface area contributed by atoms with E-state index < -0.39 is 17.6 Å². The summed E-state index contributed by atoms with van der Waals surface area (Å²) in [4.78, 5) is 42.9. The zero-order chi connectivity index (χ0) is 23.1. The number of aromatic amines is 1. The number of nitrogens with zero attached hydrogens (tertiary/aromatic N) is 1. The van der Waals surface area contributed by atoms with Gasteiger partial charge in [0.2, 0.25) is 0 Å². The van der Waals surface area contributed by atoms with E-state index in [9.17, 15) is 14.4 Å². The molecule has 170 valence electrons. The second kappa shape index (κ2) is 11.2. The molecule has 0 aliphatic carbocycles. The first-order valence-corrected chi connectivity index (χ1v) is 10.5. The first-order chi connectivity index (χ1) is 13.9. The second-order valence-electron chi connectivity index (χ2n) is 8.31. The van der Waals surface area contributed by atoms with Crippen molar-refractivity contribution in [2.45, 2.75) is 73.4 Å². The van der Waals surface area contributed by atoms with Gasteiger partial charge in [-0.1, -0.05) is 0 Å². The summed E-state index contributed by atoms with van der Waals surface area (Å²) in [6, 6.07) is -1.02. The molecular weight excluding hydrogens is 386 g/mol. The van der Waals surface area contributed by atoms with Crippen LogP contribution in [0.5, 0.6) is 0 Å². The molecule has 1 unspecified atom stereocenters. The molecule has 1 atom stereocenters.